The molecular formula is C19H39IN4OS. The molecule has 26 heavy (non-hydrogen) atoms. The minimum atomic E-state index is -0.670. The van der Waals surface area contributed by atoms with E-state index in [9.17, 15) is 4.21 Å². The highest BCUT2D eigenvalue weighted by Gasteiger charge is 2.26. The maximum absolute atomic E-state index is 12.1. The third-order valence-corrected chi connectivity index (χ3v) is 7.09. The van der Waals surface area contributed by atoms with Crippen LogP contribution in [0.25, 0.3) is 0 Å². The van der Waals surface area contributed by atoms with E-state index in [-0.39, 0.29) is 24.0 Å². The molecule has 0 radical (unpaired) electrons. The quantitative estimate of drug-likeness (QED) is 0.322. The summed E-state index contributed by atoms with van der Waals surface area (Å²) in [5, 5.41) is 7.34. The van der Waals surface area contributed by atoms with Crippen molar-refractivity contribution >= 4 is 40.7 Å². The molecule has 1 aliphatic heterocycles. The molecule has 0 aromatic rings. The highest BCUT2D eigenvalue weighted by molar-refractivity contribution is 14.0. The van der Waals surface area contributed by atoms with Gasteiger partial charge < -0.3 is 15.5 Å². The van der Waals surface area contributed by atoms with Crippen LogP contribution in [-0.4, -0.2) is 64.8 Å². The molecule has 1 saturated carbocycles. The first kappa shape index (κ1) is 24.1. The summed E-state index contributed by atoms with van der Waals surface area (Å²) in [4.78, 5) is 7.36. The summed E-state index contributed by atoms with van der Waals surface area (Å²) in [6, 6.07) is 0.408. The summed E-state index contributed by atoms with van der Waals surface area (Å²) >= 11 is 0. The lowest BCUT2D eigenvalue weighted by molar-refractivity contribution is 0.293. The molecule has 3 unspecified atom stereocenters. The van der Waals surface area contributed by atoms with Crippen LogP contribution in [0.2, 0.25) is 0 Å². The number of rotatable bonds is 7. The molecular weight excluding hydrogens is 459 g/mol. The molecule has 3 atom stereocenters. The minimum Gasteiger partial charge on any atom is -0.357 e. The normalized spacial score (nSPS) is 26.5. The molecule has 5 nitrogen and oxygen atoms in total. The second-order valence-corrected chi connectivity index (χ2v) is 9.32. The van der Waals surface area contributed by atoms with Crippen molar-refractivity contribution in [3.8, 4) is 0 Å². The Morgan fingerprint density at radius 2 is 1.85 bits per heavy atom. The second-order valence-electron chi connectivity index (χ2n) is 7.32. The van der Waals surface area contributed by atoms with Gasteiger partial charge >= 0.3 is 0 Å². The summed E-state index contributed by atoms with van der Waals surface area (Å²) in [7, 11) is -0.670. The minimum absolute atomic E-state index is 0. The fourth-order valence-electron chi connectivity index (χ4n) is 3.93. The van der Waals surface area contributed by atoms with Gasteiger partial charge in [-0.3, -0.25) is 9.20 Å². The van der Waals surface area contributed by atoms with Crippen LogP contribution in [0.5, 0.6) is 0 Å². The lowest BCUT2D eigenvalue weighted by atomic mass is 9.95. The van der Waals surface area contributed by atoms with Crippen molar-refractivity contribution in [1.29, 1.82) is 0 Å². The zero-order valence-corrected chi connectivity index (χ0v) is 19.8. The van der Waals surface area contributed by atoms with Gasteiger partial charge in [-0.1, -0.05) is 26.2 Å². The molecule has 2 fully saturated rings. The Morgan fingerprint density at radius 3 is 2.50 bits per heavy atom. The van der Waals surface area contributed by atoms with E-state index in [0.717, 1.165) is 50.6 Å². The van der Waals surface area contributed by atoms with E-state index >= 15 is 0 Å². The van der Waals surface area contributed by atoms with E-state index in [1.165, 1.54) is 45.2 Å². The molecule has 0 aromatic carbocycles. The Labute approximate surface area is 180 Å². The SMILES string of the molecule is CCNC(=NCCN1CCCCCC1)NC1CCCC(S(=O)CC)C1.I. The van der Waals surface area contributed by atoms with Crippen LogP contribution >= 0.6 is 24.0 Å². The first-order chi connectivity index (χ1) is 12.2. The standard InChI is InChI=1S/C19H38N4OS.HI/c1-3-20-19(21-12-15-23-13-7-5-6-8-14-23)22-17-10-9-11-18(16-17)25(24)4-2;/h17-18H,3-16H2,1-2H3,(H2,20,21,22);1H. The van der Waals surface area contributed by atoms with Crippen molar-refractivity contribution in [3.05, 3.63) is 0 Å². The topological polar surface area (TPSA) is 56.7 Å². The summed E-state index contributed by atoms with van der Waals surface area (Å²) in [5.74, 6) is 1.71. The number of hydrogen-bond acceptors (Lipinski definition) is 3. The number of guanidine groups is 1. The van der Waals surface area contributed by atoms with E-state index in [0.29, 0.717) is 11.3 Å². The van der Waals surface area contributed by atoms with Crippen molar-refractivity contribution in [1.82, 2.24) is 15.5 Å². The third-order valence-electron chi connectivity index (χ3n) is 5.35. The van der Waals surface area contributed by atoms with Crippen LogP contribution in [0, 0.1) is 0 Å². The Morgan fingerprint density at radius 1 is 1.12 bits per heavy atom. The van der Waals surface area contributed by atoms with Gasteiger partial charge in [0.1, 0.15) is 0 Å². The first-order valence-corrected chi connectivity index (χ1v) is 11.8. The molecule has 1 aliphatic carbocycles. The zero-order chi connectivity index (χ0) is 17.9. The lowest BCUT2D eigenvalue weighted by Gasteiger charge is -2.30. The average molecular weight is 499 g/mol. The number of likely N-dealkylation sites (tertiary alicyclic amines) is 1. The largest absolute Gasteiger partial charge is 0.357 e. The maximum Gasteiger partial charge on any atom is 0.191 e. The number of halogens is 1. The summed E-state index contributed by atoms with van der Waals surface area (Å²) < 4.78 is 12.1. The molecule has 1 saturated heterocycles. The van der Waals surface area contributed by atoms with Gasteiger partial charge in [-0.2, -0.15) is 0 Å². The van der Waals surface area contributed by atoms with Gasteiger partial charge in [0, 0.05) is 40.9 Å². The van der Waals surface area contributed by atoms with Crippen LogP contribution < -0.4 is 10.6 Å². The second kappa shape index (κ2) is 14.2. The number of hydrogen-bond donors (Lipinski definition) is 2. The molecule has 2 aliphatic rings. The zero-order valence-electron chi connectivity index (χ0n) is 16.7. The van der Waals surface area contributed by atoms with E-state index in [4.69, 9.17) is 4.99 Å². The van der Waals surface area contributed by atoms with Gasteiger partial charge in [-0.25, -0.2) is 0 Å². The molecule has 0 bridgehead atoms. The van der Waals surface area contributed by atoms with Gasteiger partial charge in [0.05, 0.1) is 6.54 Å². The fourth-order valence-corrected chi connectivity index (χ4v) is 5.27. The molecule has 2 N–H and O–H groups in total. The molecule has 2 rings (SSSR count). The van der Waals surface area contributed by atoms with Gasteiger partial charge in [0.2, 0.25) is 0 Å². The van der Waals surface area contributed by atoms with Gasteiger partial charge in [-0.15, -0.1) is 24.0 Å². The Bertz CT molecular complexity index is 428. The Kier molecular flexibility index (Phi) is 13.1. The summed E-state index contributed by atoms with van der Waals surface area (Å²) in [5.41, 5.74) is 0. The van der Waals surface area contributed by atoms with Gasteiger partial charge in [0.25, 0.3) is 0 Å². The maximum atomic E-state index is 12.1. The molecule has 0 aromatic heterocycles. The first-order valence-electron chi connectivity index (χ1n) is 10.4. The van der Waals surface area contributed by atoms with Crippen molar-refractivity contribution < 1.29 is 4.21 Å². The van der Waals surface area contributed by atoms with Crippen molar-refractivity contribution in [2.24, 2.45) is 4.99 Å². The highest BCUT2D eigenvalue weighted by atomic mass is 127. The van der Waals surface area contributed by atoms with E-state index in [1.54, 1.807) is 0 Å². The van der Waals surface area contributed by atoms with Crippen LogP contribution in [0.1, 0.15) is 65.2 Å². The van der Waals surface area contributed by atoms with Gasteiger partial charge in [-0.05, 0) is 52.1 Å². The van der Waals surface area contributed by atoms with E-state index in [1.807, 2.05) is 6.92 Å². The number of nitrogens with one attached hydrogen (secondary N) is 2. The molecule has 0 spiro atoms. The van der Waals surface area contributed by atoms with Crippen LogP contribution in [-0.2, 0) is 10.8 Å². The smallest absolute Gasteiger partial charge is 0.191 e. The Balaban J connectivity index is 0.00000338. The van der Waals surface area contributed by atoms with Gasteiger partial charge in [0.15, 0.2) is 5.96 Å². The molecule has 7 heteroatoms. The van der Waals surface area contributed by atoms with Crippen LogP contribution in [0.4, 0.5) is 0 Å². The Hall–Kier alpha value is 0.110. The number of aliphatic imine (C=N–C) groups is 1. The van der Waals surface area contributed by atoms with Crippen molar-refractivity contribution in [2.75, 3.05) is 38.5 Å². The highest BCUT2D eigenvalue weighted by Crippen LogP contribution is 2.23. The fraction of sp³-hybridized carbons (Fsp3) is 0.947. The van der Waals surface area contributed by atoms with Crippen molar-refractivity contribution in [2.45, 2.75) is 76.5 Å². The molecule has 1 heterocycles. The lowest BCUT2D eigenvalue weighted by Crippen LogP contribution is -2.47. The van der Waals surface area contributed by atoms with Crippen LogP contribution in [0.3, 0.4) is 0 Å². The molecule has 154 valence electrons. The van der Waals surface area contributed by atoms with Crippen LogP contribution in [0.15, 0.2) is 4.99 Å². The summed E-state index contributed by atoms with van der Waals surface area (Å²) in [6.45, 7) is 9.39. The third kappa shape index (κ3) is 8.87. The predicted octanol–water partition coefficient (Wildman–Crippen LogP) is 3.12. The number of nitrogens with zero attached hydrogens (tertiary/aromatic N) is 2. The predicted molar refractivity (Wildman–Crippen MR) is 124 cm³/mol. The molecule has 0 amide bonds. The van der Waals surface area contributed by atoms with Crippen molar-refractivity contribution in [3.63, 3.8) is 0 Å². The average Bonchev–Trinajstić information content (AvgIpc) is 2.90. The van der Waals surface area contributed by atoms with E-state index in [2.05, 4.69) is 22.5 Å². The summed E-state index contributed by atoms with van der Waals surface area (Å²) in [6.07, 6.45) is 9.88. The monoisotopic (exact) mass is 498 g/mol. The van der Waals surface area contributed by atoms with E-state index < -0.39 is 10.8 Å².